The van der Waals surface area contributed by atoms with Crippen molar-refractivity contribution in [2.24, 2.45) is 11.8 Å². The number of esters is 1. The Hall–Kier alpha value is -2.09. The summed E-state index contributed by atoms with van der Waals surface area (Å²) in [6.07, 6.45) is 2.10. The highest BCUT2D eigenvalue weighted by Gasteiger charge is 2.56. The molecule has 0 bridgehead atoms. The zero-order valence-corrected chi connectivity index (χ0v) is 19.6. The highest BCUT2D eigenvalue weighted by molar-refractivity contribution is 7.93. The number of benzene rings is 1. The number of likely N-dealkylation sites (tertiary alicyclic amines) is 1. The van der Waals surface area contributed by atoms with Crippen LogP contribution < -0.4 is 0 Å². The zero-order chi connectivity index (χ0) is 22.9. The Labute approximate surface area is 185 Å². The van der Waals surface area contributed by atoms with E-state index >= 15 is 0 Å². The molecule has 1 saturated heterocycles. The van der Waals surface area contributed by atoms with Crippen LogP contribution in [-0.4, -0.2) is 55.9 Å². The summed E-state index contributed by atoms with van der Waals surface area (Å²) < 4.78 is 36.2. The van der Waals surface area contributed by atoms with Gasteiger partial charge in [0, 0.05) is 13.1 Å². The second-order valence-electron chi connectivity index (χ2n) is 9.61. The van der Waals surface area contributed by atoms with Crippen LogP contribution in [0, 0.1) is 11.8 Å². The molecule has 1 aromatic carbocycles. The van der Waals surface area contributed by atoms with E-state index in [1.54, 1.807) is 23.1 Å². The minimum absolute atomic E-state index is 0.0128. The summed E-state index contributed by atoms with van der Waals surface area (Å²) in [5.41, 5.74) is -0.569. The second-order valence-corrected chi connectivity index (χ2v) is 11.9. The van der Waals surface area contributed by atoms with E-state index < -0.39 is 26.2 Å². The summed E-state index contributed by atoms with van der Waals surface area (Å²) in [7, 11) is -2.69. The van der Waals surface area contributed by atoms with Crippen LogP contribution in [0.1, 0.15) is 52.9 Å². The molecule has 3 atom stereocenters. The molecule has 1 aromatic rings. The molecule has 0 radical (unpaired) electrons. The van der Waals surface area contributed by atoms with Gasteiger partial charge in [0.2, 0.25) is 0 Å². The molecule has 2 aliphatic rings. The lowest BCUT2D eigenvalue weighted by Gasteiger charge is -2.41. The van der Waals surface area contributed by atoms with Gasteiger partial charge >= 0.3 is 12.1 Å². The zero-order valence-electron chi connectivity index (χ0n) is 18.8. The second kappa shape index (κ2) is 8.81. The van der Waals surface area contributed by atoms with Gasteiger partial charge in [-0.25, -0.2) is 13.2 Å². The summed E-state index contributed by atoms with van der Waals surface area (Å²) in [4.78, 5) is 27.3. The number of hydrogen-bond acceptors (Lipinski definition) is 6. The maximum absolute atomic E-state index is 13.6. The molecule has 1 amide bonds. The molecule has 31 heavy (non-hydrogen) atoms. The van der Waals surface area contributed by atoms with E-state index in [1.807, 2.05) is 20.8 Å². The quantitative estimate of drug-likeness (QED) is 0.649. The Morgan fingerprint density at radius 2 is 1.65 bits per heavy atom. The van der Waals surface area contributed by atoms with Crippen LogP contribution in [0.3, 0.4) is 0 Å². The van der Waals surface area contributed by atoms with Gasteiger partial charge in [-0.05, 0) is 76.8 Å². The number of methoxy groups -OCH3 is 1. The largest absolute Gasteiger partial charge is 0.468 e. The minimum atomic E-state index is -3.93. The van der Waals surface area contributed by atoms with Gasteiger partial charge < -0.3 is 14.4 Å². The molecule has 3 unspecified atom stereocenters. The normalized spacial score (nSPS) is 27.0. The standard InChI is InChI=1S/C23H33NO6S/c1-22(2,3)30-21(26)24-14-11-17-10-13-23(20(25)29-4,16-18(17)12-15-24)31(27,28)19-8-6-5-7-9-19/h5-9,17-18H,10-16H2,1-4H3. The van der Waals surface area contributed by atoms with Crippen LogP contribution >= 0.6 is 0 Å². The van der Waals surface area contributed by atoms with Crippen molar-refractivity contribution < 1.29 is 27.5 Å². The number of carbonyl (C=O) groups is 2. The average Bonchev–Trinajstić information content (AvgIpc) is 2.94. The van der Waals surface area contributed by atoms with Crippen molar-refractivity contribution in [2.75, 3.05) is 20.2 Å². The molecule has 1 heterocycles. The van der Waals surface area contributed by atoms with Crippen molar-refractivity contribution in [2.45, 2.75) is 68.1 Å². The third-order valence-electron chi connectivity index (χ3n) is 6.49. The molecule has 172 valence electrons. The topological polar surface area (TPSA) is 90.0 Å². The molecule has 3 rings (SSSR count). The van der Waals surface area contributed by atoms with Crippen molar-refractivity contribution in [3.8, 4) is 0 Å². The third-order valence-corrected chi connectivity index (χ3v) is 8.95. The number of fused-ring (bicyclic) bond motifs is 1. The lowest BCUT2D eigenvalue weighted by molar-refractivity contribution is -0.145. The first-order chi connectivity index (χ1) is 14.5. The maximum atomic E-state index is 13.6. The SMILES string of the molecule is COC(=O)C1(S(=O)(=O)c2ccccc2)CCC2CCN(C(=O)OC(C)(C)C)CCC2C1. The number of nitrogens with zero attached hydrogens (tertiary/aromatic N) is 1. The first kappa shape index (κ1) is 23.6. The van der Waals surface area contributed by atoms with E-state index in [4.69, 9.17) is 9.47 Å². The highest BCUT2D eigenvalue weighted by atomic mass is 32.2. The number of ether oxygens (including phenoxy) is 2. The first-order valence-corrected chi connectivity index (χ1v) is 12.3. The summed E-state index contributed by atoms with van der Waals surface area (Å²) in [6, 6.07) is 8.13. The van der Waals surface area contributed by atoms with Crippen LogP contribution in [0.4, 0.5) is 4.79 Å². The van der Waals surface area contributed by atoms with E-state index in [-0.39, 0.29) is 35.7 Å². The fraction of sp³-hybridized carbons (Fsp3) is 0.652. The third kappa shape index (κ3) is 4.73. The van der Waals surface area contributed by atoms with Gasteiger partial charge in [0.1, 0.15) is 5.60 Å². The highest BCUT2D eigenvalue weighted by Crippen LogP contribution is 2.47. The van der Waals surface area contributed by atoms with Crippen LogP contribution in [0.25, 0.3) is 0 Å². The first-order valence-electron chi connectivity index (χ1n) is 10.9. The Morgan fingerprint density at radius 1 is 1.03 bits per heavy atom. The summed E-state index contributed by atoms with van der Waals surface area (Å²) in [6.45, 7) is 6.57. The Bertz CT molecular complexity index is 908. The molecule has 0 spiro atoms. The minimum Gasteiger partial charge on any atom is -0.468 e. The number of sulfone groups is 1. The van der Waals surface area contributed by atoms with Gasteiger partial charge in [-0.3, -0.25) is 4.79 Å². The van der Waals surface area contributed by atoms with Crippen LogP contribution in [-0.2, 0) is 24.1 Å². The molecule has 1 aliphatic heterocycles. The Kier molecular flexibility index (Phi) is 6.69. The van der Waals surface area contributed by atoms with E-state index in [0.717, 1.165) is 6.42 Å². The molecule has 7 nitrogen and oxygen atoms in total. The van der Waals surface area contributed by atoms with Crippen molar-refractivity contribution in [3.63, 3.8) is 0 Å². The Morgan fingerprint density at radius 3 is 2.23 bits per heavy atom. The monoisotopic (exact) mass is 451 g/mol. The van der Waals surface area contributed by atoms with Crippen molar-refractivity contribution in [1.29, 1.82) is 0 Å². The molecular formula is C23H33NO6S. The van der Waals surface area contributed by atoms with Crippen molar-refractivity contribution in [3.05, 3.63) is 30.3 Å². The van der Waals surface area contributed by atoms with Crippen LogP contribution in [0.15, 0.2) is 35.2 Å². The van der Waals surface area contributed by atoms with Gasteiger partial charge in [0.25, 0.3) is 0 Å². The molecular weight excluding hydrogens is 418 g/mol. The number of hydrogen-bond donors (Lipinski definition) is 0. The average molecular weight is 452 g/mol. The van der Waals surface area contributed by atoms with E-state index in [0.29, 0.717) is 25.9 Å². The summed E-state index contributed by atoms with van der Waals surface area (Å²) in [5, 5.41) is 0. The molecule has 2 fully saturated rings. The molecule has 0 N–H and O–H groups in total. The molecule has 0 aromatic heterocycles. The van der Waals surface area contributed by atoms with Crippen LogP contribution in [0.5, 0.6) is 0 Å². The fourth-order valence-electron chi connectivity index (χ4n) is 4.88. The summed E-state index contributed by atoms with van der Waals surface area (Å²) >= 11 is 0. The van der Waals surface area contributed by atoms with E-state index in [1.165, 1.54) is 19.2 Å². The predicted molar refractivity (Wildman–Crippen MR) is 116 cm³/mol. The fourth-order valence-corrected chi connectivity index (χ4v) is 6.97. The summed E-state index contributed by atoms with van der Waals surface area (Å²) in [5.74, 6) is -0.419. The predicted octanol–water partition coefficient (Wildman–Crippen LogP) is 3.82. The van der Waals surface area contributed by atoms with Gasteiger partial charge in [-0.15, -0.1) is 0 Å². The van der Waals surface area contributed by atoms with Gasteiger partial charge in [0.15, 0.2) is 14.6 Å². The number of amides is 1. The Balaban J connectivity index is 1.85. The maximum Gasteiger partial charge on any atom is 0.410 e. The number of rotatable bonds is 3. The van der Waals surface area contributed by atoms with E-state index in [9.17, 15) is 18.0 Å². The molecule has 1 aliphatic carbocycles. The van der Waals surface area contributed by atoms with Gasteiger partial charge in [0.05, 0.1) is 12.0 Å². The molecule has 1 saturated carbocycles. The van der Waals surface area contributed by atoms with Crippen LogP contribution in [0.2, 0.25) is 0 Å². The van der Waals surface area contributed by atoms with Gasteiger partial charge in [-0.2, -0.15) is 0 Å². The van der Waals surface area contributed by atoms with Crippen molar-refractivity contribution in [1.82, 2.24) is 4.90 Å². The molecule has 8 heteroatoms. The lowest BCUT2D eigenvalue weighted by atomic mass is 9.71. The van der Waals surface area contributed by atoms with Crippen molar-refractivity contribution >= 4 is 21.9 Å². The lowest BCUT2D eigenvalue weighted by Crippen LogP contribution is -2.52. The van der Waals surface area contributed by atoms with Gasteiger partial charge in [-0.1, -0.05) is 18.2 Å². The number of carbonyl (C=O) groups excluding carboxylic acids is 2. The smallest absolute Gasteiger partial charge is 0.410 e. The van der Waals surface area contributed by atoms with E-state index in [2.05, 4.69) is 0 Å².